The average Bonchev–Trinajstić information content (AvgIpc) is 3.31. The second-order valence-electron chi connectivity index (χ2n) is 12.6. The van der Waals surface area contributed by atoms with Crippen molar-refractivity contribution in [2.75, 3.05) is 13.7 Å². The highest BCUT2D eigenvalue weighted by atomic mass is 16.5. The normalized spacial score (nSPS) is 42.4. The zero-order valence-corrected chi connectivity index (χ0v) is 21.8. The number of aliphatic hydroxyl groups is 1. The summed E-state index contributed by atoms with van der Waals surface area (Å²) in [7, 11) is 3.55. The van der Waals surface area contributed by atoms with Gasteiger partial charge in [0.1, 0.15) is 5.69 Å². The summed E-state index contributed by atoms with van der Waals surface area (Å²) in [5.74, 6) is 4.40. The van der Waals surface area contributed by atoms with Crippen molar-refractivity contribution in [3.63, 3.8) is 0 Å². The quantitative estimate of drug-likeness (QED) is 0.663. The number of ether oxygens (including phenoxy) is 1. The van der Waals surface area contributed by atoms with Gasteiger partial charge in [-0.1, -0.05) is 6.92 Å². The van der Waals surface area contributed by atoms with Gasteiger partial charge in [0.05, 0.1) is 17.9 Å². The van der Waals surface area contributed by atoms with Gasteiger partial charge in [-0.25, -0.2) is 0 Å². The van der Waals surface area contributed by atoms with Crippen molar-refractivity contribution >= 4 is 5.91 Å². The van der Waals surface area contributed by atoms with E-state index in [0.717, 1.165) is 48.6 Å². The van der Waals surface area contributed by atoms with Crippen molar-refractivity contribution in [1.29, 1.82) is 0 Å². The molecule has 190 valence electrons. The summed E-state index contributed by atoms with van der Waals surface area (Å²) in [6.45, 7) is 7.17. The van der Waals surface area contributed by atoms with Crippen LogP contribution < -0.4 is 5.32 Å². The molecule has 0 aliphatic heterocycles. The Labute approximate surface area is 205 Å². The second kappa shape index (κ2) is 8.92. The van der Waals surface area contributed by atoms with Gasteiger partial charge in [0, 0.05) is 20.2 Å². The molecule has 0 unspecified atom stereocenters. The van der Waals surface area contributed by atoms with Crippen LogP contribution in [0.25, 0.3) is 0 Å². The smallest absolute Gasteiger partial charge is 0.269 e. The van der Waals surface area contributed by atoms with Crippen LogP contribution in [0, 0.1) is 47.8 Å². The fourth-order valence-electron chi connectivity index (χ4n) is 9.43. The number of rotatable bonds is 5. The zero-order chi connectivity index (χ0) is 24.3. The fourth-order valence-corrected chi connectivity index (χ4v) is 9.43. The number of carbonyl (C=O) groups excluding carboxylic acids is 1. The molecule has 0 aromatic carbocycles. The highest BCUT2D eigenvalue weighted by Gasteiger charge is 2.58. The van der Waals surface area contributed by atoms with E-state index < -0.39 is 5.60 Å². The van der Waals surface area contributed by atoms with Gasteiger partial charge < -0.3 is 15.2 Å². The maximum atomic E-state index is 13.0. The number of nitrogens with one attached hydrogen (secondary N) is 1. The predicted molar refractivity (Wildman–Crippen MR) is 132 cm³/mol. The molecule has 1 heterocycles. The molecule has 1 aromatic heterocycles. The first-order chi connectivity index (χ1) is 16.1. The van der Waals surface area contributed by atoms with E-state index in [0.29, 0.717) is 29.6 Å². The van der Waals surface area contributed by atoms with Gasteiger partial charge in [-0.2, -0.15) is 5.10 Å². The first-order valence-electron chi connectivity index (χ1n) is 13.7. The summed E-state index contributed by atoms with van der Waals surface area (Å²) in [4.78, 5) is 13.0. The van der Waals surface area contributed by atoms with Crippen molar-refractivity contribution in [3.05, 3.63) is 17.5 Å². The Hall–Kier alpha value is -1.40. The molecule has 6 nitrogen and oxygen atoms in total. The number of methoxy groups -OCH3 is 1. The van der Waals surface area contributed by atoms with Crippen LogP contribution >= 0.6 is 0 Å². The molecule has 4 fully saturated rings. The van der Waals surface area contributed by atoms with Gasteiger partial charge in [-0.15, -0.1) is 0 Å². The lowest BCUT2D eigenvalue weighted by Gasteiger charge is -2.57. The van der Waals surface area contributed by atoms with E-state index in [1.807, 2.05) is 20.0 Å². The molecule has 1 aromatic rings. The monoisotopic (exact) mass is 471 g/mol. The van der Waals surface area contributed by atoms with E-state index in [4.69, 9.17) is 4.74 Å². The molecule has 0 radical (unpaired) electrons. The first-order valence-corrected chi connectivity index (χ1v) is 13.7. The summed E-state index contributed by atoms with van der Waals surface area (Å²) in [5, 5.41) is 18.7. The third-order valence-electron chi connectivity index (χ3n) is 10.8. The third-order valence-corrected chi connectivity index (χ3v) is 10.8. The van der Waals surface area contributed by atoms with Crippen LogP contribution in [0.5, 0.6) is 0 Å². The lowest BCUT2D eigenvalue weighted by Crippen LogP contribution is -2.53. The van der Waals surface area contributed by atoms with E-state index in [-0.39, 0.29) is 11.9 Å². The zero-order valence-electron chi connectivity index (χ0n) is 21.8. The Morgan fingerprint density at radius 3 is 2.68 bits per heavy atom. The van der Waals surface area contributed by atoms with Gasteiger partial charge in [0.15, 0.2) is 0 Å². The Bertz CT molecular complexity index is 915. The molecule has 0 spiro atoms. The molecular formula is C28H45N3O3. The largest absolute Gasteiger partial charge is 0.387 e. The number of aryl methyl sites for hydroxylation is 2. The summed E-state index contributed by atoms with van der Waals surface area (Å²) >= 11 is 0. The lowest BCUT2D eigenvalue weighted by molar-refractivity contribution is -0.125. The van der Waals surface area contributed by atoms with Crippen LogP contribution in [0.3, 0.4) is 0 Å². The standard InChI is InChI=1S/C28H45N3O3/c1-17-14-25(31(4)30-17)26(32)29-18(2)23-8-9-24-22-7-6-19-15-28(33,16-34-5)13-11-20(19)21(22)10-12-27(23,24)3/h14,18-24,33H,6-13,15-16H2,1-5H3,(H,29,32)/t18-,19-,20+,21-,22-,23-,24+,27-,28-/m1/s1. The van der Waals surface area contributed by atoms with Crippen LogP contribution in [0.1, 0.15) is 87.8 Å². The Balaban J connectivity index is 1.26. The predicted octanol–water partition coefficient (Wildman–Crippen LogP) is 4.49. The van der Waals surface area contributed by atoms with Gasteiger partial charge in [0.25, 0.3) is 5.91 Å². The lowest BCUT2D eigenvalue weighted by atomic mass is 9.48. The SMILES string of the molecule is COC[C@@]1(O)CC[C@H]2[C@H](CC[C@@H]3[C@@H]2CC[C@]2(C)[C@@H]([C@@H](C)NC(=O)c4cc(C)nn4C)CC[C@@H]32)C1. The number of carbonyl (C=O) groups is 1. The number of amides is 1. The van der Waals surface area contributed by atoms with Crippen molar-refractivity contribution in [3.8, 4) is 0 Å². The van der Waals surface area contributed by atoms with Crippen LogP contribution in [-0.4, -0.2) is 46.2 Å². The molecule has 0 saturated heterocycles. The van der Waals surface area contributed by atoms with Crippen LogP contribution in [0.4, 0.5) is 0 Å². The van der Waals surface area contributed by atoms with Crippen molar-refractivity contribution in [1.82, 2.24) is 15.1 Å². The minimum atomic E-state index is -0.607. The summed E-state index contributed by atoms with van der Waals surface area (Å²) in [6.07, 6.45) is 10.7. The van der Waals surface area contributed by atoms with Crippen molar-refractivity contribution in [2.45, 2.75) is 90.2 Å². The highest BCUT2D eigenvalue weighted by molar-refractivity contribution is 5.92. The van der Waals surface area contributed by atoms with E-state index >= 15 is 0 Å². The molecule has 6 heteroatoms. The number of hydrogen-bond donors (Lipinski definition) is 2. The third kappa shape index (κ3) is 4.03. The molecular weight excluding hydrogens is 426 g/mol. The molecule has 4 aliphatic carbocycles. The van der Waals surface area contributed by atoms with Gasteiger partial charge in [0.2, 0.25) is 0 Å². The van der Waals surface area contributed by atoms with Crippen molar-refractivity contribution < 1.29 is 14.6 Å². The maximum Gasteiger partial charge on any atom is 0.269 e. The molecule has 1 amide bonds. The minimum Gasteiger partial charge on any atom is -0.387 e. The van der Waals surface area contributed by atoms with Gasteiger partial charge in [-0.05, 0) is 119 Å². The van der Waals surface area contributed by atoms with E-state index in [9.17, 15) is 9.90 Å². The number of fused-ring (bicyclic) bond motifs is 5. The van der Waals surface area contributed by atoms with Crippen LogP contribution in [-0.2, 0) is 11.8 Å². The van der Waals surface area contributed by atoms with Gasteiger partial charge >= 0.3 is 0 Å². The number of aromatic nitrogens is 2. The molecule has 4 aliphatic rings. The Kier molecular flexibility index (Phi) is 6.37. The van der Waals surface area contributed by atoms with Crippen LogP contribution in [0.15, 0.2) is 6.07 Å². The molecule has 5 rings (SSSR count). The summed E-state index contributed by atoms with van der Waals surface area (Å²) in [5.41, 5.74) is 1.24. The van der Waals surface area contributed by atoms with Crippen LogP contribution in [0.2, 0.25) is 0 Å². The molecule has 34 heavy (non-hydrogen) atoms. The number of nitrogens with zero attached hydrogens (tertiary/aromatic N) is 2. The van der Waals surface area contributed by atoms with E-state index in [1.165, 1.54) is 38.5 Å². The Morgan fingerprint density at radius 2 is 1.97 bits per heavy atom. The first kappa shape index (κ1) is 24.3. The fraction of sp³-hybridized carbons (Fsp3) is 0.857. The topological polar surface area (TPSA) is 76.4 Å². The Morgan fingerprint density at radius 1 is 1.21 bits per heavy atom. The number of hydrogen-bond acceptors (Lipinski definition) is 4. The maximum absolute atomic E-state index is 13.0. The molecule has 4 saturated carbocycles. The molecule has 9 atom stereocenters. The molecule has 0 bridgehead atoms. The van der Waals surface area contributed by atoms with Gasteiger partial charge in [-0.3, -0.25) is 9.48 Å². The second-order valence-corrected chi connectivity index (χ2v) is 12.6. The summed E-state index contributed by atoms with van der Waals surface area (Å²) in [6, 6.07) is 2.05. The van der Waals surface area contributed by atoms with E-state index in [2.05, 4.69) is 24.3 Å². The average molecular weight is 472 g/mol. The van der Waals surface area contributed by atoms with E-state index in [1.54, 1.807) is 11.8 Å². The molecule has 2 N–H and O–H groups in total. The summed E-state index contributed by atoms with van der Waals surface area (Å²) < 4.78 is 7.05. The van der Waals surface area contributed by atoms with Crippen molar-refractivity contribution in [2.24, 2.45) is 48.0 Å². The highest BCUT2D eigenvalue weighted by Crippen LogP contribution is 2.65. The minimum absolute atomic E-state index is 0.00240.